The molecule has 11 nitrogen and oxygen atoms in total. The van der Waals surface area contributed by atoms with Crippen LogP contribution in [-0.2, 0) is 15.4 Å². The first kappa shape index (κ1) is 26.7. The van der Waals surface area contributed by atoms with E-state index in [2.05, 4.69) is 30.3 Å². The van der Waals surface area contributed by atoms with Gasteiger partial charge in [-0.3, -0.25) is 9.52 Å². The number of carbonyl (C=O) groups is 1. The average molecular weight is 539 g/mol. The standard InChI is InChI=1S/C26H30N6O5S/c1-26(2,3)16-13-17(23(36-5)18(14-16)32-38(6,34)35)30-24(33)19-12-15-8-7-9-20(22(15)29-19)37-21-10-11-28-25(27-4)31-21/h7-14,29,32H,1-6H3,(H,30,33)(H,27,28,31). The molecule has 0 radical (unpaired) electrons. The summed E-state index contributed by atoms with van der Waals surface area (Å²) in [5.74, 6) is 0.987. The van der Waals surface area contributed by atoms with E-state index in [0.717, 1.165) is 17.2 Å². The molecule has 0 fully saturated rings. The fourth-order valence-corrected chi connectivity index (χ4v) is 4.36. The number of hydrogen-bond acceptors (Lipinski definition) is 8. The second kappa shape index (κ2) is 10.2. The summed E-state index contributed by atoms with van der Waals surface area (Å²) in [6.45, 7) is 5.96. The quantitative estimate of drug-likeness (QED) is 0.252. The van der Waals surface area contributed by atoms with Gasteiger partial charge < -0.3 is 25.1 Å². The van der Waals surface area contributed by atoms with Crippen LogP contribution < -0.4 is 24.8 Å². The number of para-hydroxylation sites is 1. The summed E-state index contributed by atoms with van der Waals surface area (Å²) in [6.07, 6.45) is 2.63. The fraction of sp³-hybridized carbons (Fsp3) is 0.269. The molecular weight excluding hydrogens is 508 g/mol. The summed E-state index contributed by atoms with van der Waals surface area (Å²) in [4.78, 5) is 24.8. The molecular formula is C26H30N6O5S. The third kappa shape index (κ3) is 5.97. The molecule has 0 saturated heterocycles. The molecule has 0 bridgehead atoms. The van der Waals surface area contributed by atoms with E-state index in [4.69, 9.17) is 9.47 Å². The van der Waals surface area contributed by atoms with E-state index < -0.39 is 15.9 Å². The number of aromatic nitrogens is 3. The molecule has 4 rings (SSSR count). The molecule has 2 aromatic carbocycles. The van der Waals surface area contributed by atoms with Crippen LogP contribution in [-0.4, -0.2) is 49.7 Å². The third-order valence-corrected chi connectivity index (χ3v) is 6.22. The zero-order chi connectivity index (χ0) is 27.7. The lowest BCUT2D eigenvalue weighted by Crippen LogP contribution is -2.18. The SMILES string of the molecule is CNc1nccc(Oc2cccc3cc(C(=O)Nc4cc(C(C)(C)C)cc(NS(C)(=O)=O)c4OC)[nH]c23)n1. The molecule has 12 heteroatoms. The normalized spacial score (nSPS) is 11.7. The van der Waals surface area contributed by atoms with Crippen molar-refractivity contribution in [1.29, 1.82) is 0 Å². The van der Waals surface area contributed by atoms with Crippen molar-refractivity contribution in [3.63, 3.8) is 0 Å². The minimum Gasteiger partial charge on any atom is -0.492 e. The van der Waals surface area contributed by atoms with Crippen LogP contribution in [0.15, 0.2) is 48.7 Å². The Kier molecular flexibility index (Phi) is 7.18. The van der Waals surface area contributed by atoms with Crippen molar-refractivity contribution in [3.05, 3.63) is 59.9 Å². The van der Waals surface area contributed by atoms with Gasteiger partial charge in [0.05, 0.1) is 30.3 Å². The number of aromatic amines is 1. The molecule has 200 valence electrons. The van der Waals surface area contributed by atoms with Gasteiger partial charge >= 0.3 is 0 Å². The highest BCUT2D eigenvalue weighted by atomic mass is 32.2. The second-order valence-corrected chi connectivity index (χ2v) is 11.4. The number of carbonyl (C=O) groups excluding carboxylic acids is 1. The second-order valence-electron chi connectivity index (χ2n) is 9.66. The van der Waals surface area contributed by atoms with E-state index >= 15 is 0 Å². The molecule has 0 saturated carbocycles. The number of ether oxygens (including phenoxy) is 2. The Morgan fingerprint density at radius 2 is 1.82 bits per heavy atom. The number of amides is 1. The van der Waals surface area contributed by atoms with E-state index in [1.165, 1.54) is 7.11 Å². The third-order valence-electron chi connectivity index (χ3n) is 5.63. The number of rotatable bonds is 8. The molecule has 0 aliphatic carbocycles. The lowest BCUT2D eigenvalue weighted by molar-refractivity contribution is 0.102. The number of benzene rings is 2. The Labute approximate surface area is 221 Å². The molecule has 1 amide bonds. The predicted octanol–water partition coefficient (Wildman–Crippen LogP) is 4.72. The maximum absolute atomic E-state index is 13.4. The van der Waals surface area contributed by atoms with Gasteiger partial charge in [0.25, 0.3) is 5.91 Å². The monoisotopic (exact) mass is 538 g/mol. The zero-order valence-electron chi connectivity index (χ0n) is 22.0. The van der Waals surface area contributed by atoms with Crippen LogP contribution in [0.3, 0.4) is 0 Å². The fourth-order valence-electron chi connectivity index (χ4n) is 3.81. The van der Waals surface area contributed by atoms with E-state index in [1.54, 1.807) is 43.6 Å². The van der Waals surface area contributed by atoms with Gasteiger partial charge in [0, 0.05) is 24.7 Å². The van der Waals surface area contributed by atoms with Crippen LogP contribution in [0.25, 0.3) is 10.9 Å². The molecule has 0 aliphatic rings. The number of fused-ring (bicyclic) bond motifs is 1. The van der Waals surface area contributed by atoms with Crippen molar-refractivity contribution in [1.82, 2.24) is 15.0 Å². The first-order chi connectivity index (χ1) is 17.9. The Morgan fingerprint density at radius 3 is 2.47 bits per heavy atom. The molecule has 0 aliphatic heterocycles. The topological polar surface area (TPSA) is 147 Å². The number of sulfonamides is 1. The van der Waals surface area contributed by atoms with Gasteiger partial charge in [-0.05, 0) is 35.2 Å². The highest BCUT2D eigenvalue weighted by molar-refractivity contribution is 7.92. The highest BCUT2D eigenvalue weighted by Crippen LogP contribution is 2.39. The number of hydrogen-bond donors (Lipinski definition) is 4. The Morgan fingerprint density at radius 1 is 1.08 bits per heavy atom. The summed E-state index contributed by atoms with van der Waals surface area (Å²) in [7, 11) is -0.476. The molecule has 2 heterocycles. The van der Waals surface area contributed by atoms with Crippen molar-refractivity contribution in [3.8, 4) is 17.4 Å². The molecule has 4 aromatic rings. The van der Waals surface area contributed by atoms with Crippen LogP contribution >= 0.6 is 0 Å². The van der Waals surface area contributed by atoms with Crippen molar-refractivity contribution < 1.29 is 22.7 Å². The summed E-state index contributed by atoms with van der Waals surface area (Å²) >= 11 is 0. The molecule has 0 atom stereocenters. The number of nitrogens with zero attached hydrogens (tertiary/aromatic N) is 2. The summed E-state index contributed by atoms with van der Waals surface area (Å²) < 4.78 is 37.9. The van der Waals surface area contributed by atoms with Crippen molar-refractivity contribution >= 4 is 44.2 Å². The molecule has 4 N–H and O–H groups in total. The van der Waals surface area contributed by atoms with Gasteiger partial charge in [0.1, 0.15) is 5.69 Å². The predicted molar refractivity (Wildman–Crippen MR) is 148 cm³/mol. The van der Waals surface area contributed by atoms with Crippen LogP contribution in [0, 0.1) is 0 Å². The number of nitrogens with one attached hydrogen (secondary N) is 4. The Balaban J connectivity index is 1.70. The van der Waals surface area contributed by atoms with E-state index in [-0.39, 0.29) is 22.5 Å². The Hall–Kier alpha value is -4.32. The molecule has 2 aromatic heterocycles. The van der Waals surface area contributed by atoms with Crippen molar-refractivity contribution in [2.45, 2.75) is 26.2 Å². The lowest BCUT2D eigenvalue weighted by Gasteiger charge is -2.23. The summed E-state index contributed by atoms with van der Waals surface area (Å²) in [6, 6.07) is 12.2. The smallest absolute Gasteiger partial charge is 0.272 e. The average Bonchev–Trinajstić information content (AvgIpc) is 3.28. The van der Waals surface area contributed by atoms with Gasteiger partial charge in [-0.15, -0.1) is 0 Å². The zero-order valence-corrected chi connectivity index (χ0v) is 22.8. The minimum absolute atomic E-state index is 0.195. The maximum atomic E-state index is 13.4. The first-order valence-corrected chi connectivity index (χ1v) is 13.6. The van der Waals surface area contributed by atoms with E-state index in [1.807, 2.05) is 32.9 Å². The van der Waals surface area contributed by atoms with Gasteiger partial charge in [0.15, 0.2) is 11.5 Å². The molecule has 38 heavy (non-hydrogen) atoms. The molecule has 0 spiro atoms. The summed E-state index contributed by atoms with van der Waals surface area (Å²) in [5, 5.41) is 6.48. The Bertz CT molecular complexity index is 1610. The number of H-pyrrole nitrogens is 1. The van der Waals surface area contributed by atoms with Crippen LogP contribution in [0.1, 0.15) is 36.8 Å². The molecule has 0 unspecified atom stereocenters. The van der Waals surface area contributed by atoms with Gasteiger partial charge in [0.2, 0.25) is 21.9 Å². The number of anilines is 3. The van der Waals surface area contributed by atoms with Crippen molar-refractivity contribution in [2.75, 3.05) is 35.8 Å². The van der Waals surface area contributed by atoms with Crippen LogP contribution in [0.2, 0.25) is 0 Å². The first-order valence-electron chi connectivity index (χ1n) is 11.7. The van der Waals surface area contributed by atoms with Crippen LogP contribution in [0.4, 0.5) is 17.3 Å². The lowest BCUT2D eigenvalue weighted by atomic mass is 9.86. The van der Waals surface area contributed by atoms with Gasteiger partial charge in [-0.25, -0.2) is 13.4 Å². The highest BCUT2D eigenvalue weighted by Gasteiger charge is 2.23. The van der Waals surface area contributed by atoms with Crippen molar-refractivity contribution in [2.24, 2.45) is 0 Å². The number of methoxy groups -OCH3 is 1. The van der Waals surface area contributed by atoms with Gasteiger partial charge in [-0.1, -0.05) is 32.9 Å². The van der Waals surface area contributed by atoms with Gasteiger partial charge in [-0.2, -0.15) is 4.98 Å². The van der Waals surface area contributed by atoms with E-state index in [9.17, 15) is 13.2 Å². The minimum atomic E-state index is -3.60. The maximum Gasteiger partial charge on any atom is 0.272 e. The van der Waals surface area contributed by atoms with Crippen LogP contribution in [0.5, 0.6) is 17.4 Å². The summed E-state index contributed by atoms with van der Waals surface area (Å²) in [5.41, 5.74) is 1.91. The van der Waals surface area contributed by atoms with E-state index in [0.29, 0.717) is 28.8 Å². The largest absolute Gasteiger partial charge is 0.492 e.